The molecular formula is C33H46ClN5O4. The van der Waals surface area contributed by atoms with E-state index in [1.807, 2.05) is 4.90 Å². The summed E-state index contributed by atoms with van der Waals surface area (Å²) in [7, 11) is 0. The molecule has 0 unspecified atom stereocenters. The van der Waals surface area contributed by atoms with Gasteiger partial charge in [0.25, 0.3) is 5.91 Å². The van der Waals surface area contributed by atoms with Crippen molar-refractivity contribution in [3.63, 3.8) is 0 Å². The lowest BCUT2D eigenvalue weighted by Crippen LogP contribution is -2.50. The first-order chi connectivity index (χ1) is 20.8. The summed E-state index contributed by atoms with van der Waals surface area (Å²) < 4.78 is 0. The van der Waals surface area contributed by atoms with Crippen LogP contribution in [0.25, 0.3) is 0 Å². The van der Waals surface area contributed by atoms with Gasteiger partial charge in [-0.15, -0.1) is 0 Å². The number of imide groups is 1. The summed E-state index contributed by atoms with van der Waals surface area (Å²) in [5.41, 5.74) is 1.29. The summed E-state index contributed by atoms with van der Waals surface area (Å²) in [5.74, 6) is 1.05. The van der Waals surface area contributed by atoms with Gasteiger partial charge in [-0.1, -0.05) is 30.9 Å². The maximum Gasteiger partial charge on any atom is 0.328 e. The molecule has 4 aliphatic heterocycles. The number of nitrogens with zero attached hydrogens (tertiary/aromatic N) is 4. The Morgan fingerprint density at radius 1 is 0.837 bits per heavy atom. The van der Waals surface area contributed by atoms with Crippen molar-refractivity contribution < 1.29 is 19.2 Å². The van der Waals surface area contributed by atoms with Gasteiger partial charge in [0, 0.05) is 57.2 Å². The van der Waals surface area contributed by atoms with Gasteiger partial charge in [-0.25, -0.2) is 4.79 Å². The first kappa shape index (κ1) is 30.4. The summed E-state index contributed by atoms with van der Waals surface area (Å²) >= 11 is 6.39. The van der Waals surface area contributed by atoms with Crippen molar-refractivity contribution in [1.82, 2.24) is 20.0 Å². The number of urea groups is 1. The van der Waals surface area contributed by atoms with Gasteiger partial charge >= 0.3 is 6.03 Å². The van der Waals surface area contributed by atoms with Crippen LogP contribution in [0.1, 0.15) is 87.4 Å². The second-order valence-corrected chi connectivity index (χ2v) is 14.0. The van der Waals surface area contributed by atoms with E-state index in [2.05, 4.69) is 15.1 Å². The molecule has 5 fully saturated rings. The van der Waals surface area contributed by atoms with Crippen LogP contribution in [0.3, 0.4) is 0 Å². The van der Waals surface area contributed by atoms with Gasteiger partial charge in [-0.05, 0) is 94.0 Å². The van der Waals surface area contributed by atoms with Crippen LogP contribution in [0, 0.1) is 17.3 Å². The van der Waals surface area contributed by atoms with Crippen molar-refractivity contribution in [2.45, 2.75) is 77.0 Å². The topological polar surface area (TPSA) is 93.3 Å². The van der Waals surface area contributed by atoms with E-state index < -0.39 is 6.03 Å². The van der Waals surface area contributed by atoms with Crippen LogP contribution in [0.5, 0.6) is 0 Å². The lowest BCUT2D eigenvalue weighted by Gasteiger charge is -2.47. The van der Waals surface area contributed by atoms with E-state index in [4.69, 9.17) is 11.6 Å². The molecule has 10 heteroatoms. The van der Waals surface area contributed by atoms with E-state index in [1.165, 1.54) is 37.0 Å². The lowest BCUT2D eigenvalue weighted by atomic mass is 9.71. The number of hydrogen-bond donors (Lipinski definition) is 1. The fraction of sp³-hybridized carbons (Fsp3) is 0.697. The molecular weight excluding hydrogens is 566 g/mol. The lowest BCUT2D eigenvalue weighted by molar-refractivity contribution is -0.138. The number of rotatable bonds is 5. The van der Waals surface area contributed by atoms with Gasteiger partial charge in [-0.2, -0.15) is 0 Å². The van der Waals surface area contributed by atoms with E-state index in [9.17, 15) is 19.2 Å². The Bertz CT molecular complexity index is 1210. The molecule has 0 aromatic heterocycles. The molecule has 1 spiro atoms. The van der Waals surface area contributed by atoms with Crippen molar-refractivity contribution in [1.29, 1.82) is 0 Å². The maximum absolute atomic E-state index is 13.5. The normalized spacial score (nSPS) is 24.3. The molecule has 5 amide bonds. The molecule has 1 N–H and O–H groups in total. The standard InChI is InChI=1S/C33H46ClN5O4/c34-27-7-6-26(22-28(27)39-17-10-29(40)35-32(39)43)31(42)38-20-13-33(14-21-38)11-18-36(19-12-33)23-24-8-15-37(16-9-24)30(41)25-4-2-1-3-5-25/h6-7,22,24-25H,1-5,8-21,23H2,(H,35,40,43). The molecule has 43 heavy (non-hydrogen) atoms. The zero-order valence-corrected chi connectivity index (χ0v) is 26.1. The Morgan fingerprint density at radius 3 is 2.19 bits per heavy atom. The number of anilines is 1. The van der Waals surface area contributed by atoms with Gasteiger partial charge < -0.3 is 14.7 Å². The highest BCUT2D eigenvalue weighted by Gasteiger charge is 2.39. The molecule has 4 heterocycles. The van der Waals surface area contributed by atoms with Gasteiger partial charge in [0.05, 0.1) is 10.7 Å². The van der Waals surface area contributed by atoms with Crippen molar-refractivity contribution in [3.8, 4) is 0 Å². The summed E-state index contributed by atoms with van der Waals surface area (Å²) in [6.45, 7) is 6.97. The number of carbonyl (C=O) groups excluding carboxylic acids is 4. The molecule has 9 nitrogen and oxygen atoms in total. The fourth-order valence-electron chi connectivity index (χ4n) is 8.03. The van der Waals surface area contributed by atoms with Crippen LogP contribution in [-0.4, -0.2) is 90.8 Å². The van der Waals surface area contributed by atoms with Crippen molar-refractivity contribution >= 4 is 41.0 Å². The largest absolute Gasteiger partial charge is 0.342 e. The maximum atomic E-state index is 13.5. The van der Waals surface area contributed by atoms with Crippen LogP contribution < -0.4 is 10.2 Å². The van der Waals surface area contributed by atoms with E-state index in [0.29, 0.717) is 33.5 Å². The summed E-state index contributed by atoms with van der Waals surface area (Å²) in [6.07, 6.45) is 12.8. The fourth-order valence-corrected chi connectivity index (χ4v) is 8.25. The monoisotopic (exact) mass is 611 g/mol. The minimum atomic E-state index is -0.510. The number of carbonyl (C=O) groups is 4. The van der Waals surface area contributed by atoms with Crippen molar-refractivity contribution in [2.24, 2.45) is 17.3 Å². The third kappa shape index (κ3) is 6.88. The molecule has 6 rings (SSSR count). The molecule has 0 bridgehead atoms. The predicted octanol–water partition coefficient (Wildman–Crippen LogP) is 4.92. The van der Waals surface area contributed by atoms with E-state index in [0.717, 1.165) is 84.3 Å². The van der Waals surface area contributed by atoms with Crippen LogP contribution in [0.15, 0.2) is 18.2 Å². The van der Waals surface area contributed by atoms with Gasteiger partial charge in [0.15, 0.2) is 0 Å². The highest BCUT2D eigenvalue weighted by molar-refractivity contribution is 6.34. The van der Waals surface area contributed by atoms with Crippen LogP contribution in [0.2, 0.25) is 5.02 Å². The summed E-state index contributed by atoms with van der Waals surface area (Å²) in [6, 6.07) is 4.55. The average Bonchev–Trinajstić information content (AvgIpc) is 3.03. The Morgan fingerprint density at radius 2 is 1.51 bits per heavy atom. The minimum Gasteiger partial charge on any atom is -0.342 e. The van der Waals surface area contributed by atoms with Crippen molar-refractivity contribution in [2.75, 3.05) is 57.3 Å². The minimum absolute atomic E-state index is 0.0352. The molecule has 234 valence electrons. The molecule has 5 aliphatic rings. The van der Waals surface area contributed by atoms with E-state index >= 15 is 0 Å². The summed E-state index contributed by atoms with van der Waals surface area (Å²) in [4.78, 5) is 58.5. The zero-order chi connectivity index (χ0) is 30.0. The quantitative estimate of drug-likeness (QED) is 0.510. The molecule has 0 radical (unpaired) electrons. The third-order valence-electron chi connectivity index (χ3n) is 11.0. The van der Waals surface area contributed by atoms with E-state index in [-0.39, 0.29) is 30.7 Å². The molecule has 1 aliphatic carbocycles. The number of piperidine rings is 3. The Kier molecular flexibility index (Phi) is 9.29. The summed E-state index contributed by atoms with van der Waals surface area (Å²) in [5, 5.41) is 2.70. The molecule has 1 saturated carbocycles. The number of nitrogens with one attached hydrogen (secondary N) is 1. The predicted molar refractivity (Wildman–Crippen MR) is 166 cm³/mol. The van der Waals surface area contributed by atoms with Crippen molar-refractivity contribution in [3.05, 3.63) is 28.8 Å². The first-order valence-corrected chi connectivity index (χ1v) is 16.9. The molecule has 1 aromatic carbocycles. The van der Waals surface area contributed by atoms with Crippen LogP contribution in [-0.2, 0) is 9.59 Å². The molecule has 4 saturated heterocycles. The number of likely N-dealkylation sites (tertiary alicyclic amines) is 3. The van der Waals surface area contributed by atoms with E-state index in [1.54, 1.807) is 18.2 Å². The van der Waals surface area contributed by atoms with Gasteiger partial charge in [-0.3, -0.25) is 24.6 Å². The average molecular weight is 612 g/mol. The molecule has 1 aromatic rings. The van der Waals surface area contributed by atoms with Crippen LogP contribution in [0.4, 0.5) is 10.5 Å². The SMILES string of the molecule is O=C1CCN(c2cc(C(=O)N3CCC4(CCN(CC5CCN(C(=O)C6CCCCC6)CC5)CC4)CC3)ccc2Cl)C(=O)N1. The number of amides is 5. The Balaban J connectivity index is 0.952. The third-order valence-corrected chi connectivity index (χ3v) is 11.3. The second-order valence-electron chi connectivity index (χ2n) is 13.6. The van der Waals surface area contributed by atoms with Crippen LogP contribution >= 0.6 is 11.6 Å². The second kappa shape index (κ2) is 13.1. The number of halogens is 1. The number of benzene rings is 1. The Labute approximate surface area is 260 Å². The Hall–Kier alpha value is -2.65. The highest BCUT2D eigenvalue weighted by Crippen LogP contribution is 2.42. The molecule has 0 atom stereocenters. The highest BCUT2D eigenvalue weighted by atomic mass is 35.5. The zero-order valence-electron chi connectivity index (χ0n) is 25.3. The number of hydrogen-bond acceptors (Lipinski definition) is 5. The van der Waals surface area contributed by atoms with Gasteiger partial charge in [0.2, 0.25) is 11.8 Å². The smallest absolute Gasteiger partial charge is 0.328 e. The first-order valence-electron chi connectivity index (χ1n) is 16.5. The van der Waals surface area contributed by atoms with Gasteiger partial charge in [0.1, 0.15) is 0 Å².